The van der Waals surface area contributed by atoms with Crippen LogP contribution >= 0.6 is 0 Å². The second kappa shape index (κ2) is 9.13. The van der Waals surface area contributed by atoms with E-state index in [-0.39, 0.29) is 24.1 Å². The van der Waals surface area contributed by atoms with E-state index < -0.39 is 5.54 Å². The van der Waals surface area contributed by atoms with Gasteiger partial charge in [-0.3, -0.25) is 4.79 Å². The van der Waals surface area contributed by atoms with Crippen molar-refractivity contribution >= 4 is 11.9 Å². The smallest absolute Gasteiger partial charge is 0.315 e. The zero-order valence-corrected chi connectivity index (χ0v) is 16.9. The number of benzene rings is 1. The molecule has 3 fully saturated rings. The van der Waals surface area contributed by atoms with Crippen molar-refractivity contribution in [3.05, 3.63) is 35.9 Å². The van der Waals surface area contributed by atoms with Gasteiger partial charge < -0.3 is 25.0 Å². The second-order valence-corrected chi connectivity index (χ2v) is 8.35. The summed E-state index contributed by atoms with van der Waals surface area (Å²) in [5, 5.41) is 5.94. The molecule has 2 saturated heterocycles. The number of likely N-dealkylation sites (tertiary alicyclic amines) is 1. The SMILES string of the molecule is O=C(NCc1ccccc1)NC1(C(=O)N2CCCC(C3OCCO3)C2)CCCC1. The molecule has 2 N–H and O–H groups in total. The Morgan fingerprint density at radius 3 is 2.52 bits per heavy atom. The summed E-state index contributed by atoms with van der Waals surface area (Å²) in [5.41, 5.74) is 0.241. The van der Waals surface area contributed by atoms with Crippen LogP contribution in [0.4, 0.5) is 4.79 Å². The van der Waals surface area contributed by atoms with Gasteiger partial charge in [-0.25, -0.2) is 4.79 Å². The Balaban J connectivity index is 1.37. The lowest BCUT2D eigenvalue weighted by Gasteiger charge is -2.40. The Morgan fingerprint density at radius 2 is 1.79 bits per heavy atom. The summed E-state index contributed by atoms with van der Waals surface area (Å²) in [4.78, 5) is 28.0. The van der Waals surface area contributed by atoms with Gasteiger partial charge in [-0.05, 0) is 31.2 Å². The van der Waals surface area contributed by atoms with Gasteiger partial charge in [-0.2, -0.15) is 0 Å². The van der Waals surface area contributed by atoms with E-state index in [1.54, 1.807) is 0 Å². The first-order chi connectivity index (χ1) is 14.2. The first-order valence-electron chi connectivity index (χ1n) is 10.8. The maximum Gasteiger partial charge on any atom is 0.315 e. The lowest BCUT2D eigenvalue weighted by Crippen LogP contribution is -2.61. The van der Waals surface area contributed by atoms with E-state index in [0.29, 0.717) is 39.1 Å². The van der Waals surface area contributed by atoms with Gasteiger partial charge in [-0.1, -0.05) is 43.2 Å². The number of carbonyl (C=O) groups is 2. The number of nitrogens with zero attached hydrogens (tertiary/aromatic N) is 1. The Labute approximate surface area is 172 Å². The molecule has 1 unspecified atom stereocenters. The van der Waals surface area contributed by atoms with Crippen LogP contribution in [0.15, 0.2) is 30.3 Å². The predicted octanol–water partition coefficient (Wildman–Crippen LogP) is 2.41. The third-order valence-electron chi connectivity index (χ3n) is 6.29. The van der Waals surface area contributed by atoms with Crippen molar-refractivity contribution in [2.75, 3.05) is 26.3 Å². The highest BCUT2D eigenvalue weighted by molar-refractivity contribution is 5.91. The number of nitrogens with one attached hydrogen (secondary N) is 2. The van der Waals surface area contributed by atoms with Gasteiger partial charge in [0.15, 0.2) is 6.29 Å². The maximum absolute atomic E-state index is 13.5. The topological polar surface area (TPSA) is 79.9 Å². The maximum atomic E-state index is 13.5. The molecule has 1 atom stereocenters. The van der Waals surface area contributed by atoms with Gasteiger partial charge in [0.1, 0.15) is 5.54 Å². The van der Waals surface area contributed by atoms with Gasteiger partial charge in [0, 0.05) is 25.6 Å². The van der Waals surface area contributed by atoms with Gasteiger partial charge >= 0.3 is 6.03 Å². The van der Waals surface area contributed by atoms with E-state index in [2.05, 4.69) is 10.6 Å². The van der Waals surface area contributed by atoms with Crippen molar-refractivity contribution in [1.82, 2.24) is 15.5 Å². The molecule has 0 bridgehead atoms. The van der Waals surface area contributed by atoms with Gasteiger partial charge in [0.25, 0.3) is 0 Å². The van der Waals surface area contributed by atoms with Crippen molar-refractivity contribution in [2.45, 2.75) is 56.9 Å². The van der Waals surface area contributed by atoms with Crippen LogP contribution in [0.2, 0.25) is 0 Å². The van der Waals surface area contributed by atoms with Crippen LogP contribution in [0.25, 0.3) is 0 Å². The van der Waals surface area contributed by atoms with Crippen molar-refractivity contribution in [2.24, 2.45) is 5.92 Å². The average molecular weight is 402 g/mol. The molecule has 3 amide bonds. The Hall–Kier alpha value is -2.12. The van der Waals surface area contributed by atoms with Crippen molar-refractivity contribution in [1.29, 1.82) is 0 Å². The van der Waals surface area contributed by atoms with E-state index in [1.807, 2.05) is 35.2 Å². The minimum atomic E-state index is -0.792. The Morgan fingerprint density at radius 1 is 1.07 bits per heavy atom. The highest BCUT2D eigenvalue weighted by Gasteiger charge is 2.46. The zero-order chi connectivity index (χ0) is 20.1. The number of hydrogen-bond acceptors (Lipinski definition) is 4. The highest BCUT2D eigenvalue weighted by Crippen LogP contribution is 2.34. The molecule has 158 valence electrons. The van der Waals surface area contributed by atoms with Crippen LogP contribution in [-0.4, -0.2) is 55.0 Å². The van der Waals surface area contributed by atoms with Crippen LogP contribution in [0.3, 0.4) is 0 Å². The van der Waals surface area contributed by atoms with E-state index >= 15 is 0 Å². The quantitative estimate of drug-likeness (QED) is 0.794. The second-order valence-electron chi connectivity index (χ2n) is 8.35. The summed E-state index contributed by atoms with van der Waals surface area (Å²) in [6, 6.07) is 9.50. The standard InChI is InChI=1S/C22H31N3O4/c26-20(25-12-6-9-18(16-25)19-28-13-14-29-19)22(10-4-5-11-22)24-21(27)23-15-17-7-2-1-3-8-17/h1-3,7-8,18-19H,4-6,9-16H2,(H2,23,24,27). The molecular formula is C22H31N3O4. The normalized spacial score (nSPS) is 24.4. The molecule has 4 rings (SSSR count). The summed E-state index contributed by atoms with van der Waals surface area (Å²) in [6.45, 7) is 3.07. The van der Waals surface area contributed by atoms with E-state index in [1.165, 1.54) is 0 Å². The first kappa shape index (κ1) is 20.2. The molecule has 29 heavy (non-hydrogen) atoms. The molecule has 3 aliphatic rings. The number of amides is 3. The average Bonchev–Trinajstić information content (AvgIpc) is 3.46. The zero-order valence-electron chi connectivity index (χ0n) is 16.9. The highest BCUT2D eigenvalue weighted by atomic mass is 16.7. The van der Waals surface area contributed by atoms with E-state index in [4.69, 9.17) is 9.47 Å². The molecule has 7 nitrogen and oxygen atoms in total. The van der Waals surface area contributed by atoms with Gasteiger partial charge in [0.2, 0.25) is 5.91 Å². The van der Waals surface area contributed by atoms with E-state index in [0.717, 1.165) is 37.8 Å². The summed E-state index contributed by atoms with van der Waals surface area (Å²) in [7, 11) is 0. The minimum absolute atomic E-state index is 0.0487. The van der Waals surface area contributed by atoms with Crippen LogP contribution in [0.1, 0.15) is 44.1 Å². The molecule has 2 heterocycles. The molecule has 7 heteroatoms. The summed E-state index contributed by atoms with van der Waals surface area (Å²) >= 11 is 0. The fourth-order valence-corrected chi connectivity index (χ4v) is 4.78. The molecule has 0 aromatic heterocycles. The lowest BCUT2D eigenvalue weighted by molar-refractivity contribution is -0.145. The summed E-state index contributed by atoms with van der Waals surface area (Å²) < 4.78 is 11.3. The largest absolute Gasteiger partial charge is 0.350 e. The van der Waals surface area contributed by atoms with Crippen LogP contribution < -0.4 is 10.6 Å². The number of hydrogen-bond donors (Lipinski definition) is 2. The first-order valence-corrected chi connectivity index (χ1v) is 10.8. The van der Waals surface area contributed by atoms with Crippen molar-refractivity contribution in [3.63, 3.8) is 0 Å². The van der Waals surface area contributed by atoms with Crippen LogP contribution in [-0.2, 0) is 20.8 Å². The third-order valence-corrected chi connectivity index (χ3v) is 6.29. The number of ether oxygens (including phenoxy) is 2. The molecule has 0 radical (unpaired) electrons. The lowest BCUT2D eigenvalue weighted by atomic mass is 9.91. The number of rotatable bonds is 5. The summed E-state index contributed by atoms with van der Waals surface area (Å²) in [5.74, 6) is 0.258. The molecule has 2 aliphatic heterocycles. The fraction of sp³-hybridized carbons (Fsp3) is 0.636. The molecule has 1 aromatic carbocycles. The number of piperidine rings is 1. The number of urea groups is 1. The monoisotopic (exact) mass is 401 g/mol. The predicted molar refractivity (Wildman–Crippen MR) is 108 cm³/mol. The van der Waals surface area contributed by atoms with Crippen molar-refractivity contribution in [3.8, 4) is 0 Å². The molecular weight excluding hydrogens is 370 g/mol. The fourth-order valence-electron chi connectivity index (χ4n) is 4.78. The van der Waals surface area contributed by atoms with Crippen LogP contribution in [0, 0.1) is 5.92 Å². The van der Waals surface area contributed by atoms with Crippen LogP contribution in [0.5, 0.6) is 0 Å². The Bertz CT molecular complexity index is 699. The number of carbonyl (C=O) groups excluding carboxylic acids is 2. The molecule has 0 spiro atoms. The van der Waals surface area contributed by atoms with Gasteiger partial charge in [0.05, 0.1) is 13.2 Å². The molecule has 1 aromatic rings. The minimum Gasteiger partial charge on any atom is -0.350 e. The molecule has 1 saturated carbocycles. The summed E-state index contributed by atoms with van der Waals surface area (Å²) in [6.07, 6.45) is 5.05. The molecule has 1 aliphatic carbocycles. The van der Waals surface area contributed by atoms with Crippen molar-refractivity contribution < 1.29 is 19.1 Å². The Kier molecular flexibility index (Phi) is 6.35. The van der Waals surface area contributed by atoms with Gasteiger partial charge in [-0.15, -0.1) is 0 Å². The third kappa shape index (κ3) is 4.73. The van der Waals surface area contributed by atoms with E-state index in [9.17, 15) is 9.59 Å².